The molecule has 6 heteroatoms. The number of aliphatic hydroxyl groups is 1. The van der Waals surface area contributed by atoms with Crippen LogP contribution in [-0.2, 0) is 18.3 Å². The zero-order valence-corrected chi connectivity index (χ0v) is 20.5. The molecule has 6 nitrogen and oxygen atoms in total. The van der Waals surface area contributed by atoms with Gasteiger partial charge in [-0.15, -0.1) is 0 Å². The highest BCUT2D eigenvalue weighted by Gasteiger charge is 2.25. The number of aliphatic hydroxyl groups excluding tert-OH is 1. The maximum atomic E-state index is 10.6. The predicted molar refractivity (Wildman–Crippen MR) is 133 cm³/mol. The number of aromatic nitrogens is 2. The van der Waals surface area contributed by atoms with Crippen LogP contribution in [0.3, 0.4) is 0 Å². The third-order valence-electron chi connectivity index (χ3n) is 5.91. The molecule has 0 aliphatic heterocycles. The van der Waals surface area contributed by atoms with Crippen LogP contribution in [0.4, 0.5) is 0 Å². The molecule has 2 atom stereocenters. The number of rotatable bonds is 12. The first kappa shape index (κ1) is 25.0. The Kier molecular flexibility index (Phi) is 9.06. The summed E-state index contributed by atoms with van der Waals surface area (Å²) in [4.78, 5) is 2.29. The fourth-order valence-electron chi connectivity index (χ4n) is 3.81. The molecule has 1 heterocycles. The molecule has 3 aromatic rings. The first-order valence-corrected chi connectivity index (χ1v) is 11.8. The number of hydrogen-bond acceptors (Lipinski definition) is 5. The highest BCUT2D eigenvalue weighted by molar-refractivity contribution is 5.65. The molecule has 0 spiro atoms. The second-order valence-electron chi connectivity index (χ2n) is 8.54. The van der Waals surface area contributed by atoms with Crippen molar-refractivity contribution in [3.05, 3.63) is 65.7 Å². The Labute approximate surface area is 197 Å². The molecule has 0 bridgehead atoms. The van der Waals surface area contributed by atoms with E-state index in [0.29, 0.717) is 32.2 Å². The lowest BCUT2D eigenvalue weighted by atomic mass is 10.1. The van der Waals surface area contributed by atoms with Crippen LogP contribution in [0.5, 0.6) is 11.6 Å². The van der Waals surface area contributed by atoms with E-state index in [4.69, 9.17) is 14.6 Å². The van der Waals surface area contributed by atoms with Gasteiger partial charge in [-0.2, -0.15) is 5.10 Å². The Morgan fingerprint density at radius 2 is 1.76 bits per heavy atom. The molecule has 0 aliphatic rings. The zero-order chi connectivity index (χ0) is 23.8. The van der Waals surface area contributed by atoms with Gasteiger partial charge >= 0.3 is 0 Å². The minimum absolute atomic E-state index is 0.275. The normalized spacial score (nSPS) is 13.3. The highest BCUT2D eigenvalue weighted by Crippen LogP contribution is 2.34. The summed E-state index contributed by atoms with van der Waals surface area (Å²) < 4.78 is 13.6. The van der Waals surface area contributed by atoms with Crippen molar-refractivity contribution < 1.29 is 14.6 Å². The van der Waals surface area contributed by atoms with Crippen LogP contribution in [0.2, 0.25) is 0 Å². The average molecular weight is 452 g/mol. The van der Waals surface area contributed by atoms with Gasteiger partial charge in [-0.1, -0.05) is 55.0 Å². The van der Waals surface area contributed by atoms with E-state index >= 15 is 0 Å². The Morgan fingerprint density at radius 1 is 1.06 bits per heavy atom. The van der Waals surface area contributed by atoms with Crippen LogP contribution in [0.25, 0.3) is 11.3 Å². The van der Waals surface area contributed by atoms with Gasteiger partial charge in [-0.25, -0.2) is 4.68 Å². The molecule has 3 rings (SSSR count). The van der Waals surface area contributed by atoms with Crippen molar-refractivity contribution in [2.75, 3.05) is 19.8 Å². The summed E-state index contributed by atoms with van der Waals surface area (Å²) >= 11 is 0. The summed E-state index contributed by atoms with van der Waals surface area (Å²) in [5, 5.41) is 15.4. The van der Waals surface area contributed by atoms with E-state index in [1.165, 1.54) is 5.56 Å². The molecule has 178 valence electrons. The molecule has 0 saturated heterocycles. The average Bonchev–Trinajstić information content (AvgIpc) is 3.13. The Morgan fingerprint density at radius 3 is 2.39 bits per heavy atom. The van der Waals surface area contributed by atoms with Gasteiger partial charge in [0.05, 0.1) is 18.3 Å². The van der Waals surface area contributed by atoms with E-state index in [9.17, 15) is 5.11 Å². The van der Waals surface area contributed by atoms with Crippen molar-refractivity contribution >= 4 is 0 Å². The van der Waals surface area contributed by atoms with Crippen molar-refractivity contribution in [2.45, 2.75) is 52.8 Å². The molecule has 0 amide bonds. The van der Waals surface area contributed by atoms with Crippen LogP contribution in [-0.4, -0.2) is 51.7 Å². The maximum absolute atomic E-state index is 10.6. The minimum Gasteiger partial charge on any atom is -0.439 e. The summed E-state index contributed by atoms with van der Waals surface area (Å²) in [6.45, 7) is 10.4. The lowest BCUT2D eigenvalue weighted by molar-refractivity contribution is 0.0112. The van der Waals surface area contributed by atoms with Gasteiger partial charge in [0, 0.05) is 38.3 Å². The van der Waals surface area contributed by atoms with Crippen LogP contribution in [0.1, 0.15) is 38.3 Å². The van der Waals surface area contributed by atoms with Crippen molar-refractivity contribution in [1.29, 1.82) is 0 Å². The maximum Gasteiger partial charge on any atom is 0.222 e. The zero-order valence-electron chi connectivity index (χ0n) is 20.5. The molecule has 0 saturated carbocycles. The monoisotopic (exact) mass is 451 g/mol. The summed E-state index contributed by atoms with van der Waals surface area (Å²) in [5.41, 5.74) is 4.13. The quantitative estimate of drug-likeness (QED) is 0.411. The van der Waals surface area contributed by atoms with E-state index in [1.807, 2.05) is 61.1 Å². The summed E-state index contributed by atoms with van der Waals surface area (Å²) in [5.74, 6) is 1.49. The second kappa shape index (κ2) is 12.0. The van der Waals surface area contributed by atoms with Crippen LogP contribution >= 0.6 is 0 Å². The number of benzene rings is 2. The lowest BCUT2D eigenvalue weighted by Crippen LogP contribution is -2.40. The van der Waals surface area contributed by atoms with E-state index in [1.54, 1.807) is 0 Å². The molecule has 2 aromatic carbocycles. The van der Waals surface area contributed by atoms with E-state index in [0.717, 1.165) is 29.0 Å². The minimum atomic E-state index is -0.558. The Balaban J connectivity index is 1.99. The summed E-state index contributed by atoms with van der Waals surface area (Å²) in [6.07, 6.45) is 0.411. The Bertz CT molecular complexity index is 986. The second-order valence-corrected chi connectivity index (χ2v) is 8.54. The molecule has 1 aromatic heterocycles. The van der Waals surface area contributed by atoms with Crippen molar-refractivity contribution in [2.24, 2.45) is 7.05 Å². The number of hydrogen-bond donors (Lipinski definition) is 1. The Hall–Kier alpha value is -2.67. The molecule has 0 unspecified atom stereocenters. The van der Waals surface area contributed by atoms with Crippen LogP contribution in [0.15, 0.2) is 54.6 Å². The fraction of sp³-hybridized carbons (Fsp3) is 0.444. The first-order chi connectivity index (χ1) is 15.9. The molecule has 1 N–H and O–H groups in total. The highest BCUT2D eigenvalue weighted by atomic mass is 16.5. The number of ether oxygens (including phenoxy) is 2. The third kappa shape index (κ3) is 6.67. The molecule has 0 fully saturated rings. The fourth-order valence-corrected chi connectivity index (χ4v) is 3.81. The topological polar surface area (TPSA) is 59.8 Å². The first-order valence-electron chi connectivity index (χ1n) is 11.8. The van der Waals surface area contributed by atoms with Gasteiger partial charge in [0.15, 0.2) is 0 Å². The van der Waals surface area contributed by atoms with Crippen LogP contribution < -0.4 is 4.74 Å². The SMILES string of the molecule is CCOC[C@H](O)CN(Cc1c(-c2ccccc2)nn(C)c1Oc1ccc(C)cc1)[C@@H](C)CC. The predicted octanol–water partition coefficient (Wildman–Crippen LogP) is 5.19. The smallest absolute Gasteiger partial charge is 0.222 e. The van der Waals surface area contributed by atoms with Gasteiger partial charge < -0.3 is 14.6 Å². The van der Waals surface area contributed by atoms with Crippen molar-refractivity contribution in [3.8, 4) is 22.9 Å². The van der Waals surface area contributed by atoms with Gasteiger partial charge in [0.1, 0.15) is 11.4 Å². The molecule has 0 radical (unpaired) electrons. The number of aryl methyl sites for hydroxylation is 2. The molecule has 33 heavy (non-hydrogen) atoms. The van der Waals surface area contributed by atoms with Gasteiger partial charge in [-0.3, -0.25) is 4.90 Å². The standard InChI is InChI=1S/C27H37N3O3/c1-6-21(4)30(17-23(31)19-32-7-2)18-25-26(22-11-9-8-10-12-22)28-29(5)27(25)33-24-15-13-20(3)14-16-24/h8-16,21,23,31H,6-7,17-19H2,1-5H3/t21-,23+/m0/s1. The van der Waals surface area contributed by atoms with Gasteiger partial charge in [0.2, 0.25) is 5.88 Å². The van der Waals surface area contributed by atoms with E-state index < -0.39 is 6.10 Å². The van der Waals surface area contributed by atoms with E-state index in [-0.39, 0.29) is 6.04 Å². The summed E-state index contributed by atoms with van der Waals surface area (Å²) in [6, 6.07) is 18.5. The third-order valence-corrected chi connectivity index (χ3v) is 5.91. The van der Waals surface area contributed by atoms with Crippen molar-refractivity contribution in [1.82, 2.24) is 14.7 Å². The van der Waals surface area contributed by atoms with Gasteiger partial charge in [-0.05, 0) is 39.3 Å². The number of nitrogens with zero attached hydrogens (tertiary/aromatic N) is 3. The van der Waals surface area contributed by atoms with Gasteiger partial charge in [0.25, 0.3) is 0 Å². The molecule has 0 aliphatic carbocycles. The lowest BCUT2D eigenvalue weighted by Gasteiger charge is -2.30. The van der Waals surface area contributed by atoms with E-state index in [2.05, 4.69) is 37.8 Å². The van der Waals surface area contributed by atoms with Crippen molar-refractivity contribution in [3.63, 3.8) is 0 Å². The van der Waals surface area contributed by atoms with Crippen LogP contribution in [0, 0.1) is 6.92 Å². The molecular formula is C27H37N3O3. The summed E-state index contributed by atoms with van der Waals surface area (Å²) in [7, 11) is 1.91. The molecular weight excluding hydrogens is 414 g/mol. The largest absolute Gasteiger partial charge is 0.439 e.